The van der Waals surface area contributed by atoms with Crippen molar-refractivity contribution < 1.29 is 9.84 Å². The summed E-state index contributed by atoms with van der Waals surface area (Å²) >= 11 is 1.52. The van der Waals surface area contributed by atoms with Crippen molar-refractivity contribution >= 4 is 16.5 Å². The van der Waals surface area contributed by atoms with E-state index in [-0.39, 0.29) is 5.75 Å². The Labute approximate surface area is 109 Å². The SMILES string of the molecule is CCc1nnc(NCc2cccc(OC)c2O)s1. The predicted molar refractivity (Wildman–Crippen MR) is 71.3 cm³/mol. The zero-order valence-corrected chi connectivity index (χ0v) is 11.1. The van der Waals surface area contributed by atoms with Gasteiger partial charge in [0.1, 0.15) is 5.01 Å². The Balaban J connectivity index is 2.06. The highest BCUT2D eigenvalue weighted by Crippen LogP contribution is 2.30. The molecule has 1 heterocycles. The molecule has 0 aliphatic heterocycles. The van der Waals surface area contributed by atoms with Gasteiger partial charge < -0.3 is 15.2 Å². The predicted octanol–water partition coefficient (Wildman–Crippen LogP) is 2.43. The van der Waals surface area contributed by atoms with Gasteiger partial charge in [0.05, 0.1) is 7.11 Å². The van der Waals surface area contributed by atoms with Crippen LogP contribution in [0.2, 0.25) is 0 Å². The maximum absolute atomic E-state index is 9.92. The van der Waals surface area contributed by atoms with Crippen LogP contribution in [-0.2, 0) is 13.0 Å². The molecule has 2 N–H and O–H groups in total. The van der Waals surface area contributed by atoms with Crippen molar-refractivity contribution in [1.29, 1.82) is 0 Å². The van der Waals surface area contributed by atoms with Gasteiger partial charge in [-0.2, -0.15) is 0 Å². The van der Waals surface area contributed by atoms with Crippen LogP contribution < -0.4 is 10.1 Å². The number of nitrogens with zero attached hydrogens (tertiary/aromatic N) is 2. The molecule has 0 amide bonds. The molecule has 0 aliphatic rings. The summed E-state index contributed by atoms with van der Waals surface area (Å²) in [4.78, 5) is 0. The van der Waals surface area contributed by atoms with Gasteiger partial charge in [0, 0.05) is 12.1 Å². The van der Waals surface area contributed by atoms with Crippen molar-refractivity contribution in [2.45, 2.75) is 19.9 Å². The lowest BCUT2D eigenvalue weighted by Crippen LogP contribution is -2.00. The van der Waals surface area contributed by atoms with Crippen LogP contribution in [-0.4, -0.2) is 22.4 Å². The first-order valence-corrected chi connectivity index (χ1v) is 6.47. The number of benzene rings is 1. The van der Waals surface area contributed by atoms with Gasteiger partial charge >= 0.3 is 0 Å². The van der Waals surface area contributed by atoms with Crippen molar-refractivity contribution in [3.63, 3.8) is 0 Å². The van der Waals surface area contributed by atoms with Crippen LogP contribution in [0.5, 0.6) is 11.5 Å². The minimum atomic E-state index is 0.160. The molecule has 0 saturated heterocycles. The number of methoxy groups -OCH3 is 1. The average Bonchev–Trinajstić information content (AvgIpc) is 2.85. The maximum Gasteiger partial charge on any atom is 0.205 e. The minimum absolute atomic E-state index is 0.160. The first kappa shape index (κ1) is 12.6. The summed E-state index contributed by atoms with van der Waals surface area (Å²) in [6, 6.07) is 5.40. The Morgan fingerprint density at radius 3 is 2.89 bits per heavy atom. The summed E-state index contributed by atoms with van der Waals surface area (Å²) < 4.78 is 5.06. The number of aryl methyl sites for hydroxylation is 1. The number of anilines is 1. The smallest absolute Gasteiger partial charge is 0.205 e. The van der Waals surface area contributed by atoms with Crippen LogP contribution >= 0.6 is 11.3 Å². The monoisotopic (exact) mass is 265 g/mol. The van der Waals surface area contributed by atoms with Gasteiger partial charge in [-0.15, -0.1) is 10.2 Å². The summed E-state index contributed by atoms with van der Waals surface area (Å²) in [5.74, 6) is 0.633. The van der Waals surface area contributed by atoms with Crippen molar-refractivity contribution in [3.8, 4) is 11.5 Å². The first-order chi connectivity index (χ1) is 8.74. The number of aromatic nitrogens is 2. The highest BCUT2D eigenvalue weighted by atomic mass is 32.1. The van der Waals surface area contributed by atoms with Gasteiger partial charge in [0.2, 0.25) is 5.13 Å². The molecule has 0 atom stereocenters. The zero-order valence-electron chi connectivity index (χ0n) is 10.3. The molecule has 1 aromatic carbocycles. The third kappa shape index (κ3) is 2.70. The molecule has 0 saturated carbocycles. The molecular weight excluding hydrogens is 250 g/mol. The van der Waals surface area contributed by atoms with E-state index >= 15 is 0 Å². The molecule has 0 spiro atoms. The van der Waals surface area contributed by atoms with E-state index in [2.05, 4.69) is 15.5 Å². The van der Waals surface area contributed by atoms with Crippen molar-refractivity contribution in [2.75, 3.05) is 12.4 Å². The lowest BCUT2D eigenvalue weighted by molar-refractivity contribution is 0.371. The van der Waals surface area contributed by atoms with Gasteiger partial charge in [-0.3, -0.25) is 0 Å². The lowest BCUT2D eigenvalue weighted by atomic mass is 10.2. The van der Waals surface area contributed by atoms with Crippen LogP contribution in [0, 0.1) is 0 Å². The Hall–Kier alpha value is -1.82. The Bertz CT molecular complexity index is 528. The maximum atomic E-state index is 9.92. The Kier molecular flexibility index (Phi) is 3.99. The second-order valence-electron chi connectivity index (χ2n) is 3.68. The molecule has 2 aromatic rings. The zero-order chi connectivity index (χ0) is 13.0. The van der Waals surface area contributed by atoms with Gasteiger partial charge in [0.15, 0.2) is 11.5 Å². The number of hydrogen-bond acceptors (Lipinski definition) is 6. The third-order valence-corrected chi connectivity index (χ3v) is 3.53. The number of para-hydroxylation sites is 1. The molecule has 0 aliphatic carbocycles. The quantitative estimate of drug-likeness (QED) is 0.869. The molecule has 6 heteroatoms. The Morgan fingerprint density at radius 2 is 2.22 bits per heavy atom. The molecule has 5 nitrogen and oxygen atoms in total. The summed E-state index contributed by atoms with van der Waals surface area (Å²) in [6.45, 7) is 2.53. The van der Waals surface area contributed by atoms with Crippen LogP contribution in [0.4, 0.5) is 5.13 Å². The number of phenolic OH excluding ortho intramolecular Hbond substituents is 1. The number of rotatable bonds is 5. The van der Waals surface area contributed by atoms with Crippen molar-refractivity contribution in [3.05, 3.63) is 28.8 Å². The molecule has 0 bridgehead atoms. The van der Waals surface area contributed by atoms with Crippen LogP contribution in [0.15, 0.2) is 18.2 Å². The molecule has 0 radical (unpaired) electrons. The van der Waals surface area contributed by atoms with Crippen LogP contribution in [0.3, 0.4) is 0 Å². The van der Waals surface area contributed by atoms with Gasteiger partial charge in [-0.25, -0.2) is 0 Å². The molecule has 2 rings (SSSR count). The number of nitrogens with one attached hydrogen (secondary N) is 1. The van der Waals surface area contributed by atoms with Gasteiger partial charge in [0.25, 0.3) is 0 Å². The van der Waals surface area contributed by atoms with E-state index < -0.39 is 0 Å². The topological polar surface area (TPSA) is 67.3 Å². The van der Waals surface area contributed by atoms with E-state index in [1.807, 2.05) is 19.1 Å². The van der Waals surface area contributed by atoms with E-state index in [1.54, 1.807) is 6.07 Å². The van der Waals surface area contributed by atoms with Gasteiger partial charge in [-0.1, -0.05) is 30.4 Å². The van der Waals surface area contributed by atoms with Crippen LogP contribution in [0.25, 0.3) is 0 Å². The summed E-state index contributed by atoms with van der Waals surface area (Å²) in [5.41, 5.74) is 0.766. The van der Waals surface area contributed by atoms with Crippen LogP contribution in [0.1, 0.15) is 17.5 Å². The summed E-state index contributed by atoms with van der Waals surface area (Å²) in [6.07, 6.45) is 0.879. The standard InChI is InChI=1S/C12H15N3O2S/c1-3-10-14-15-12(18-10)13-7-8-5-4-6-9(17-2)11(8)16/h4-6,16H,3,7H2,1-2H3,(H,13,15). The van der Waals surface area contributed by atoms with Crippen molar-refractivity contribution in [2.24, 2.45) is 0 Å². The fourth-order valence-corrected chi connectivity index (χ4v) is 2.19. The van der Waals surface area contributed by atoms with E-state index in [0.717, 1.165) is 22.1 Å². The highest BCUT2D eigenvalue weighted by Gasteiger charge is 2.08. The molecule has 0 unspecified atom stereocenters. The fraction of sp³-hybridized carbons (Fsp3) is 0.333. The molecule has 18 heavy (non-hydrogen) atoms. The highest BCUT2D eigenvalue weighted by molar-refractivity contribution is 7.15. The fourth-order valence-electron chi connectivity index (χ4n) is 1.51. The van der Waals surface area contributed by atoms with E-state index in [0.29, 0.717) is 12.3 Å². The summed E-state index contributed by atoms with van der Waals surface area (Å²) in [5, 5.41) is 22.8. The lowest BCUT2D eigenvalue weighted by Gasteiger charge is -2.08. The van der Waals surface area contributed by atoms with Crippen molar-refractivity contribution in [1.82, 2.24) is 10.2 Å². The molecular formula is C12H15N3O2S. The molecule has 1 aromatic heterocycles. The summed E-state index contributed by atoms with van der Waals surface area (Å²) in [7, 11) is 1.53. The first-order valence-electron chi connectivity index (χ1n) is 5.65. The molecule has 96 valence electrons. The number of aromatic hydroxyl groups is 1. The second-order valence-corrected chi connectivity index (χ2v) is 4.74. The Morgan fingerprint density at radius 1 is 1.39 bits per heavy atom. The number of phenols is 1. The van der Waals surface area contributed by atoms with E-state index in [9.17, 15) is 5.11 Å². The molecule has 0 fully saturated rings. The number of ether oxygens (including phenoxy) is 1. The third-order valence-electron chi connectivity index (χ3n) is 2.50. The number of hydrogen-bond donors (Lipinski definition) is 2. The minimum Gasteiger partial charge on any atom is -0.504 e. The van der Waals surface area contributed by atoms with E-state index in [4.69, 9.17) is 4.74 Å². The second kappa shape index (κ2) is 5.68. The van der Waals surface area contributed by atoms with E-state index in [1.165, 1.54) is 18.4 Å². The normalized spacial score (nSPS) is 10.3. The average molecular weight is 265 g/mol. The largest absolute Gasteiger partial charge is 0.504 e. The van der Waals surface area contributed by atoms with Gasteiger partial charge in [-0.05, 0) is 12.5 Å².